The van der Waals surface area contributed by atoms with Gasteiger partial charge in [-0.1, -0.05) is 74.5 Å². The molecule has 1 amide bonds. The Labute approximate surface area is 274 Å². The van der Waals surface area contributed by atoms with Crippen molar-refractivity contribution >= 4 is 48.9 Å². The summed E-state index contributed by atoms with van der Waals surface area (Å²) in [5.74, 6) is -1.03. The number of furan rings is 1. The molecule has 3 atom stereocenters. The molecular weight excluding hydrogens is 616 g/mol. The summed E-state index contributed by atoms with van der Waals surface area (Å²) in [6.07, 6.45) is 4.03. The Bertz CT molecular complexity index is 2020. The van der Waals surface area contributed by atoms with E-state index in [0.717, 1.165) is 18.4 Å². The average molecular weight is 657 g/mol. The van der Waals surface area contributed by atoms with E-state index in [0.29, 0.717) is 24.2 Å². The van der Waals surface area contributed by atoms with Gasteiger partial charge >= 0.3 is 5.95 Å². The molecule has 0 saturated heterocycles. The van der Waals surface area contributed by atoms with Crippen molar-refractivity contribution in [3.63, 3.8) is 0 Å². The SMILES string of the molecule is CC(C)C[C@H](NC(Nc1ccc(CN)cc1)S(=O)(=O)O)C(=O)Nc1c(C2CCc3c(ccc4c3ccc3ccccc34)C2)coc1O. The van der Waals surface area contributed by atoms with Gasteiger partial charge in [0.2, 0.25) is 11.4 Å². The van der Waals surface area contributed by atoms with Crippen LogP contribution in [0, 0.1) is 5.92 Å². The number of benzene rings is 4. The third-order valence-electron chi connectivity index (χ3n) is 8.99. The molecule has 1 heterocycles. The number of nitrogens with two attached hydrogens (primary N) is 1. The molecule has 246 valence electrons. The summed E-state index contributed by atoms with van der Waals surface area (Å²) in [4.78, 5) is 13.7. The Morgan fingerprint density at radius 3 is 2.47 bits per heavy atom. The van der Waals surface area contributed by atoms with Crippen molar-refractivity contribution < 1.29 is 27.3 Å². The van der Waals surface area contributed by atoms with Gasteiger partial charge in [-0.25, -0.2) is 0 Å². The smallest absolute Gasteiger partial charge is 0.306 e. The lowest BCUT2D eigenvalue weighted by Gasteiger charge is -2.27. The topological polar surface area (TPSA) is 167 Å². The van der Waals surface area contributed by atoms with Crippen LogP contribution < -0.4 is 21.7 Å². The number of hydrogen-bond acceptors (Lipinski definition) is 8. The molecule has 10 nitrogen and oxygen atoms in total. The number of aryl methyl sites for hydroxylation is 1. The first-order valence-electron chi connectivity index (χ1n) is 15.8. The Hall–Kier alpha value is -4.42. The normalized spacial score (nSPS) is 16.2. The average Bonchev–Trinajstić information content (AvgIpc) is 3.42. The Kier molecular flexibility index (Phi) is 9.25. The highest BCUT2D eigenvalue weighted by molar-refractivity contribution is 7.86. The zero-order chi connectivity index (χ0) is 33.3. The lowest BCUT2D eigenvalue weighted by molar-refractivity contribution is -0.118. The fourth-order valence-electron chi connectivity index (χ4n) is 6.63. The fraction of sp³-hybridized carbons (Fsp3) is 0.306. The van der Waals surface area contributed by atoms with Gasteiger partial charge < -0.3 is 25.9 Å². The quantitative estimate of drug-likeness (QED) is 0.0547. The highest BCUT2D eigenvalue weighted by atomic mass is 32.2. The van der Waals surface area contributed by atoms with Gasteiger partial charge in [-0.3, -0.25) is 14.7 Å². The molecule has 0 bridgehead atoms. The first-order chi connectivity index (χ1) is 22.5. The second-order valence-electron chi connectivity index (χ2n) is 12.7. The number of rotatable bonds is 11. The summed E-state index contributed by atoms with van der Waals surface area (Å²) in [5, 5.41) is 23.9. The van der Waals surface area contributed by atoms with Crippen LogP contribution in [0.4, 0.5) is 11.4 Å². The minimum Gasteiger partial charge on any atom is -0.479 e. The summed E-state index contributed by atoms with van der Waals surface area (Å²) in [6, 6.07) is 22.8. The number of hydrogen-bond donors (Lipinski definition) is 6. The van der Waals surface area contributed by atoms with E-state index in [4.69, 9.17) is 10.2 Å². The summed E-state index contributed by atoms with van der Waals surface area (Å²) in [6.45, 7) is 4.12. The van der Waals surface area contributed by atoms with Crippen LogP contribution in [0.1, 0.15) is 54.9 Å². The van der Waals surface area contributed by atoms with E-state index >= 15 is 0 Å². The van der Waals surface area contributed by atoms with Crippen molar-refractivity contribution in [3.8, 4) is 5.95 Å². The predicted molar refractivity (Wildman–Crippen MR) is 185 cm³/mol. The molecule has 7 N–H and O–H groups in total. The fourth-order valence-corrected chi connectivity index (χ4v) is 7.25. The van der Waals surface area contributed by atoms with Crippen molar-refractivity contribution in [3.05, 3.63) is 101 Å². The van der Waals surface area contributed by atoms with Gasteiger partial charge in [0.15, 0.2) is 0 Å². The first kappa shape index (κ1) is 32.5. The maximum Gasteiger partial charge on any atom is 0.306 e. The molecule has 0 saturated carbocycles. The molecular formula is C36H40N4O6S. The summed E-state index contributed by atoms with van der Waals surface area (Å²) in [5.41, 5.74) is 8.60. The number of amides is 1. The lowest BCUT2D eigenvalue weighted by atomic mass is 9.78. The molecule has 4 aromatic carbocycles. The Balaban J connectivity index is 1.23. The van der Waals surface area contributed by atoms with Gasteiger partial charge in [0.05, 0.1) is 6.04 Å². The lowest BCUT2D eigenvalue weighted by Crippen LogP contribution is -2.52. The molecule has 11 heteroatoms. The van der Waals surface area contributed by atoms with Crippen molar-refractivity contribution in [2.24, 2.45) is 11.7 Å². The summed E-state index contributed by atoms with van der Waals surface area (Å²) < 4.78 is 40.3. The number of fused-ring (bicyclic) bond motifs is 5. The van der Waals surface area contributed by atoms with Crippen molar-refractivity contribution in [1.82, 2.24) is 5.32 Å². The van der Waals surface area contributed by atoms with Crippen molar-refractivity contribution in [1.29, 1.82) is 0 Å². The van der Waals surface area contributed by atoms with Gasteiger partial charge in [-0.2, -0.15) is 8.42 Å². The molecule has 1 aliphatic carbocycles. The van der Waals surface area contributed by atoms with Crippen LogP contribution in [0.25, 0.3) is 21.5 Å². The molecule has 1 aliphatic rings. The molecule has 0 fully saturated rings. The number of anilines is 2. The molecule has 47 heavy (non-hydrogen) atoms. The van der Waals surface area contributed by atoms with Crippen LogP contribution >= 0.6 is 0 Å². The second kappa shape index (κ2) is 13.4. The largest absolute Gasteiger partial charge is 0.479 e. The minimum atomic E-state index is -4.69. The van der Waals surface area contributed by atoms with Crippen LogP contribution in [-0.2, 0) is 34.3 Å². The third-order valence-corrected chi connectivity index (χ3v) is 9.84. The molecule has 0 aliphatic heterocycles. The number of nitrogens with one attached hydrogen (secondary N) is 3. The van der Waals surface area contributed by atoms with Gasteiger partial charge in [-0.15, -0.1) is 0 Å². The van der Waals surface area contributed by atoms with Crippen LogP contribution in [0.15, 0.2) is 83.5 Å². The van der Waals surface area contributed by atoms with Crippen LogP contribution in [0.5, 0.6) is 5.95 Å². The van der Waals surface area contributed by atoms with Gasteiger partial charge in [0.25, 0.3) is 10.1 Å². The van der Waals surface area contributed by atoms with E-state index in [2.05, 4.69) is 58.4 Å². The standard InChI is InChI=1S/C36H40N4O6S/c1-21(2)17-32(39-36(47(43,44)45)38-26-12-7-22(19-37)8-13-26)34(41)40-33-31(20-46-35(33)42)25-10-14-28-24(18-25)11-16-29-27-6-4-3-5-23(27)9-15-30(28)29/h3-9,11-13,15-16,20-21,25,32,36,38-39,42H,10,14,17-19,37H2,1-2H3,(H,40,41)(H,43,44,45)/t25?,32-,36?/m0/s1. The first-order valence-corrected chi connectivity index (χ1v) is 17.3. The highest BCUT2D eigenvalue weighted by Gasteiger charge is 2.33. The van der Waals surface area contributed by atoms with E-state index in [1.165, 1.54) is 38.9 Å². The van der Waals surface area contributed by atoms with E-state index in [9.17, 15) is 22.9 Å². The van der Waals surface area contributed by atoms with E-state index in [1.807, 2.05) is 19.9 Å². The number of carbonyl (C=O) groups is 1. The van der Waals surface area contributed by atoms with E-state index in [-0.39, 0.29) is 23.9 Å². The minimum absolute atomic E-state index is 0.0108. The zero-order valence-corrected chi connectivity index (χ0v) is 27.2. The van der Waals surface area contributed by atoms with E-state index < -0.39 is 33.5 Å². The molecule has 1 aromatic heterocycles. The van der Waals surface area contributed by atoms with Gasteiger partial charge in [-0.05, 0) is 87.9 Å². The highest BCUT2D eigenvalue weighted by Crippen LogP contribution is 2.43. The summed E-state index contributed by atoms with van der Waals surface area (Å²) in [7, 11) is -4.69. The molecule has 5 aromatic rings. The molecule has 2 unspecified atom stereocenters. The van der Waals surface area contributed by atoms with Crippen LogP contribution in [-0.4, -0.2) is 35.5 Å². The predicted octanol–water partition coefficient (Wildman–Crippen LogP) is 6.25. The maximum atomic E-state index is 13.7. The van der Waals surface area contributed by atoms with Crippen LogP contribution in [0.3, 0.4) is 0 Å². The third kappa shape index (κ3) is 6.98. The van der Waals surface area contributed by atoms with E-state index in [1.54, 1.807) is 24.3 Å². The maximum absolute atomic E-state index is 13.7. The van der Waals surface area contributed by atoms with Crippen molar-refractivity contribution in [2.75, 3.05) is 10.6 Å². The number of carbonyl (C=O) groups excluding carboxylic acids is 1. The molecule has 0 radical (unpaired) electrons. The van der Waals surface area contributed by atoms with Gasteiger partial charge in [0, 0.05) is 17.8 Å². The van der Waals surface area contributed by atoms with Gasteiger partial charge in [0.1, 0.15) is 12.0 Å². The Morgan fingerprint density at radius 2 is 1.74 bits per heavy atom. The zero-order valence-electron chi connectivity index (χ0n) is 26.4. The molecule has 6 rings (SSSR count). The summed E-state index contributed by atoms with van der Waals surface area (Å²) >= 11 is 0. The van der Waals surface area contributed by atoms with Crippen LogP contribution in [0.2, 0.25) is 0 Å². The van der Waals surface area contributed by atoms with Crippen molar-refractivity contribution in [2.45, 2.75) is 63.5 Å². The number of aromatic hydroxyl groups is 1. The molecule has 0 spiro atoms. The second-order valence-corrected chi connectivity index (χ2v) is 14.2. The Morgan fingerprint density at radius 1 is 1.00 bits per heavy atom. The monoisotopic (exact) mass is 656 g/mol.